The number of nitrogens with zero attached hydrogens (tertiary/aromatic N) is 1. The number of aryl methyl sites for hydroxylation is 1. The predicted molar refractivity (Wildman–Crippen MR) is 128 cm³/mol. The summed E-state index contributed by atoms with van der Waals surface area (Å²) in [6.07, 6.45) is 9.08. The summed E-state index contributed by atoms with van der Waals surface area (Å²) in [5.74, 6) is 1.46. The predicted octanol–water partition coefficient (Wildman–Crippen LogP) is 5.55. The number of ether oxygens (including phenoxy) is 1. The van der Waals surface area contributed by atoms with Gasteiger partial charge in [0.1, 0.15) is 23.4 Å². The Morgan fingerprint density at radius 1 is 1.12 bits per heavy atom. The Labute approximate surface area is 199 Å². The van der Waals surface area contributed by atoms with Gasteiger partial charge in [-0.05, 0) is 62.2 Å². The number of rotatable bonds is 9. The highest BCUT2D eigenvalue weighted by Crippen LogP contribution is 2.41. The van der Waals surface area contributed by atoms with Gasteiger partial charge < -0.3 is 19.6 Å². The van der Waals surface area contributed by atoms with Gasteiger partial charge in [-0.15, -0.1) is 0 Å². The number of carboxylic acids is 1. The average molecular weight is 463 g/mol. The van der Waals surface area contributed by atoms with E-state index in [4.69, 9.17) is 14.3 Å². The maximum Gasteiger partial charge on any atom is 0.305 e. The van der Waals surface area contributed by atoms with Crippen LogP contribution in [0.25, 0.3) is 11.3 Å². The monoisotopic (exact) mass is 462 g/mol. The van der Waals surface area contributed by atoms with Crippen LogP contribution in [0.15, 0.2) is 59.3 Å². The molecule has 34 heavy (non-hydrogen) atoms. The molecule has 2 aromatic heterocycles. The molecule has 2 heterocycles. The zero-order valence-electron chi connectivity index (χ0n) is 19.3. The zero-order valence-corrected chi connectivity index (χ0v) is 19.3. The third-order valence-corrected chi connectivity index (χ3v) is 6.31. The lowest BCUT2D eigenvalue weighted by atomic mass is 9.82. The number of amides is 1. The molecule has 4 rings (SSSR count). The van der Waals surface area contributed by atoms with Gasteiger partial charge in [0.15, 0.2) is 0 Å². The van der Waals surface area contributed by atoms with Gasteiger partial charge in [-0.25, -0.2) is 0 Å². The first-order chi connectivity index (χ1) is 16.5. The molecule has 2 N–H and O–H groups in total. The number of pyridine rings is 1. The third-order valence-electron chi connectivity index (χ3n) is 6.31. The zero-order chi connectivity index (χ0) is 23.9. The van der Waals surface area contributed by atoms with E-state index in [9.17, 15) is 9.59 Å². The highest BCUT2D eigenvalue weighted by atomic mass is 16.5. The van der Waals surface area contributed by atoms with Crippen molar-refractivity contribution in [3.8, 4) is 17.1 Å². The second-order valence-corrected chi connectivity index (χ2v) is 8.72. The first kappa shape index (κ1) is 23.5. The number of nitrogens with one attached hydrogen (secondary N) is 1. The molecule has 0 aliphatic heterocycles. The van der Waals surface area contributed by atoms with Crippen LogP contribution < -0.4 is 10.1 Å². The smallest absolute Gasteiger partial charge is 0.305 e. The first-order valence-corrected chi connectivity index (χ1v) is 11.8. The van der Waals surface area contributed by atoms with Crippen LogP contribution in [0.1, 0.15) is 66.3 Å². The Hall–Kier alpha value is -3.61. The number of hydrogen-bond acceptors (Lipinski definition) is 5. The van der Waals surface area contributed by atoms with Crippen LogP contribution >= 0.6 is 0 Å². The van der Waals surface area contributed by atoms with E-state index >= 15 is 0 Å². The molecule has 1 amide bonds. The molecule has 1 aliphatic rings. The number of carboxylic acid groups (broad SMARTS) is 1. The number of carbonyl (C=O) groups excluding carboxylic acids is 1. The maximum absolute atomic E-state index is 12.2. The lowest BCUT2D eigenvalue weighted by Gasteiger charge is -2.30. The summed E-state index contributed by atoms with van der Waals surface area (Å²) in [7, 11) is 0. The van der Waals surface area contributed by atoms with Gasteiger partial charge in [-0.1, -0.05) is 19.3 Å². The van der Waals surface area contributed by atoms with E-state index in [2.05, 4.69) is 16.4 Å². The summed E-state index contributed by atoms with van der Waals surface area (Å²) in [5.41, 5.74) is 2.49. The van der Waals surface area contributed by atoms with E-state index in [1.807, 2.05) is 19.1 Å². The minimum Gasteiger partial charge on any atom is -0.485 e. The minimum absolute atomic E-state index is 0.0930. The standard InChI is InChI=1S/C27H30N2O5/c1-18-23(17-24(33-18)19-11-14-28-15-12-19)26(20-5-3-2-4-6-20)34-22-9-7-21(8-10-22)27(32)29-16-13-25(30)31/h7-12,14-15,17,20,26H,2-6,13,16H2,1H3,(H,29,32)(H,30,31). The summed E-state index contributed by atoms with van der Waals surface area (Å²) in [6, 6.07) is 12.9. The molecule has 1 aliphatic carbocycles. The van der Waals surface area contributed by atoms with Gasteiger partial charge in [0.2, 0.25) is 0 Å². The molecule has 178 valence electrons. The van der Waals surface area contributed by atoms with Gasteiger partial charge in [-0.3, -0.25) is 14.6 Å². The number of benzene rings is 1. The summed E-state index contributed by atoms with van der Waals surface area (Å²) < 4.78 is 12.6. The van der Waals surface area contributed by atoms with Crippen LogP contribution in [0.5, 0.6) is 5.75 Å². The largest absolute Gasteiger partial charge is 0.485 e. The second-order valence-electron chi connectivity index (χ2n) is 8.72. The van der Waals surface area contributed by atoms with Crippen LogP contribution in [0.3, 0.4) is 0 Å². The maximum atomic E-state index is 12.2. The molecule has 1 unspecified atom stereocenters. The molecule has 0 radical (unpaired) electrons. The molecule has 7 nitrogen and oxygen atoms in total. The number of furan rings is 1. The lowest BCUT2D eigenvalue weighted by Crippen LogP contribution is -2.26. The number of hydrogen-bond donors (Lipinski definition) is 2. The number of aliphatic carboxylic acids is 1. The molecule has 1 saturated carbocycles. The van der Waals surface area contributed by atoms with E-state index < -0.39 is 5.97 Å². The molecule has 3 aromatic rings. The Balaban J connectivity index is 1.53. The molecule has 1 aromatic carbocycles. The fourth-order valence-electron chi connectivity index (χ4n) is 4.50. The highest BCUT2D eigenvalue weighted by molar-refractivity contribution is 5.94. The van der Waals surface area contributed by atoms with Crippen molar-refractivity contribution in [2.45, 2.75) is 51.6 Å². The van der Waals surface area contributed by atoms with Crippen molar-refractivity contribution in [3.63, 3.8) is 0 Å². The van der Waals surface area contributed by atoms with Crippen LogP contribution in [0.4, 0.5) is 0 Å². The van der Waals surface area contributed by atoms with Crippen LogP contribution in [-0.2, 0) is 4.79 Å². The van der Waals surface area contributed by atoms with Gasteiger partial charge in [0.05, 0.1) is 6.42 Å². The molecular formula is C27H30N2O5. The van der Waals surface area contributed by atoms with Gasteiger partial charge in [0.25, 0.3) is 5.91 Å². The van der Waals surface area contributed by atoms with Gasteiger partial charge in [-0.2, -0.15) is 0 Å². The molecular weight excluding hydrogens is 432 g/mol. The minimum atomic E-state index is -0.945. The van der Waals surface area contributed by atoms with Crippen LogP contribution in [-0.4, -0.2) is 28.5 Å². The third kappa shape index (κ3) is 5.84. The van der Waals surface area contributed by atoms with Crippen molar-refractivity contribution in [3.05, 3.63) is 71.7 Å². The van der Waals surface area contributed by atoms with Gasteiger partial charge >= 0.3 is 5.97 Å². The highest BCUT2D eigenvalue weighted by Gasteiger charge is 2.30. The SMILES string of the molecule is Cc1oc(-c2ccncc2)cc1C(Oc1ccc(C(=O)NCCC(=O)O)cc1)C1CCCCC1. The molecule has 7 heteroatoms. The number of carbonyl (C=O) groups is 2. The van der Waals surface area contributed by atoms with Crippen molar-refractivity contribution >= 4 is 11.9 Å². The summed E-state index contributed by atoms with van der Waals surface area (Å²) >= 11 is 0. The van der Waals surface area contributed by atoms with Crippen molar-refractivity contribution < 1.29 is 23.8 Å². The van der Waals surface area contributed by atoms with Crippen molar-refractivity contribution in [1.29, 1.82) is 0 Å². The Kier molecular flexibility index (Phi) is 7.62. The Morgan fingerprint density at radius 2 is 1.82 bits per heavy atom. The Bertz CT molecular complexity index is 1100. The molecule has 0 spiro atoms. The van der Waals surface area contributed by atoms with E-state index in [1.165, 1.54) is 19.3 Å². The van der Waals surface area contributed by atoms with Crippen molar-refractivity contribution in [1.82, 2.24) is 10.3 Å². The van der Waals surface area contributed by atoms with E-state index in [1.54, 1.807) is 36.7 Å². The summed E-state index contributed by atoms with van der Waals surface area (Å²) in [6.45, 7) is 2.07. The first-order valence-electron chi connectivity index (χ1n) is 11.8. The summed E-state index contributed by atoms with van der Waals surface area (Å²) in [5, 5.41) is 11.3. The molecule has 1 fully saturated rings. The fourth-order valence-corrected chi connectivity index (χ4v) is 4.50. The van der Waals surface area contributed by atoms with Gasteiger partial charge in [0, 0.05) is 41.5 Å². The Morgan fingerprint density at radius 3 is 2.50 bits per heavy atom. The van der Waals surface area contributed by atoms with E-state index in [0.29, 0.717) is 17.2 Å². The molecule has 0 bridgehead atoms. The topological polar surface area (TPSA) is 102 Å². The van der Waals surface area contributed by atoms with Crippen molar-refractivity contribution in [2.24, 2.45) is 5.92 Å². The molecule has 0 saturated heterocycles. The summed E-state index contributed by atoms with van der Waals surface area (Å²) in [4.78, 5) is 27.0. The second kappa shape index (κ2) is 11.0. The van der Waals surface area contributed by atoms with Crippen LogP contribution in [0, 0.1) is 12.8 Å². The lowest BCUT2D eigenvalue weighted by molar-refractivity contribution is -0.136. The van der Waals surface area contributed by atoms with E-state index in [-0.39, 0.29) is 25.0 Å². The van der Waals surface area contributed by atoms with Crippen LogP contribution in [0.2, 0.25) is 0 Å². The quantitative estimate of drug-likeness (QED) is 0.432. The normalized spacial score (nSPS) is 15.0. The number of aromatic nitrogens is 1. The fraction of sp³-hybridized carbons (Fsp3) is 0.370. The average Bonchev–Trinajstić information content (AvgIpc) is 3.25. The van der Waals surface area contributed by atoms with Crippen molar-refractivity contribution in [2.75, 3.05) is 6.54 Å². The molecule has 1 atom stereocenters. The van der Waals surface area contributed by atoms with E-state index in [0.717, 1.165) is 35.5 Å².